The first-order chi connectivity index (χ1) is 11.0. The molecule has 7 heteroatoms. The maximum Gasteiger partial charge on any atom is 0.251 e. The summed E-state index contributed by atoms with van der Waals surface area (Å²) in [5.41, 5.74) is 1.52. The third-order valence-electron chi connectivity index (χ3n) is 3.33. The molecule has 0 saturated carbocycles. The van der Waals surface area contributed by atoms with Crippen molar-refractivity contribution >= 4 is 11.7 Å². The number of aromatic nitrogens is 2. The van der Waals surface area contributed by atoms with Gasteiger partial charge in [-0.25, -0.2) is 0 Å². The molecule has 1 amide bonds. The van der Waals surface area contributed by atoms with E-state index in [9.17, 15) is 9.59 Å². The van der Waals surface area contributed by atoms with Crippen molar-refractivity contribution in [3.8, 4) is 11.5 Å². The number of ether oxygens (including phenoxy) is 2. The summed E-state index contributed by atoms with van der Waals surface area (Å²) in [7, 11) is 4.75. The van der Waals surface area contributed by atoms with Crippen molar-refractivity contribution in [2.75, 3.05) is 20.8 Å². The largest absolute Gasteiger partial charge is 0.493 e. The molecule has 1 heterocycles. The number of benzene rings is 1. The number of carbonyl (C=O) groups excluding carboxylic acids is 2. The molecule has 0 saturated heterocycles. The first kappa shape index (κ1) is 16.5. The normalized spacial score (nSPS) is 10.3. The number of Topliss-reactive ketones (excluding diaryl/α,β-unsaturated/α-hetero) is 1. The number of aryl methyl sites for hydroxylation is 2. The first-order valence-electron chi connectivity index (χ1n) is 7.00. The highest BCUT2D eigenvalue weighted by atomic mass is 16.5. The van der Waals surface area contributed by atoms with E-state index in [1.165, 1.54) is 14.2 Å². The molecule has 0 atom stereocenters. The molecule has 0 aliphatic rings. The minimum absolute atomic E-state index is 0.120. The van der Waals surface area contributed by atoms with Crippen molar-refractivity contribution in [1.29, 1.82) is 0 Å². The fraction of sp³-hybridized carbons (Fsp3) is 0.312. The van der Waals surface area contributed by atoms with Gasteiger partial charge in [0.25, 0.3) is 5.91 Å². The van der Waals surface area contributed by atoms with Crippen LogP contribution in [0.25, 0.3) is 0 Å². The molecular weight excluding hydrogens is 298 g/mol. The standard InChI is InChI=1S/C16H19N3O4/c1-10-9-19(2)18-15(10)12(20)8-17-16(21)11-5-6-13(22-3)14(7-11)23-4/h5-7,9H,8H2,1-4H3,(H,17,21). The number of amides is 1. The van der Waals surface area contributed by atoms with Crippen molar-refractivity contribution in [2.45, 2.75) is 6.92 Å². The molecule has 2 aromatic rings. The summed E-state index contributed by atoms with van der Waals surface area (Å²) in [6.45, 7) is 1.68. The topological polar surface area (TPSA) is 82.5 Å². The minimum atomic E-state index is -0.368. The quantitative estimate of drug-likeness (QED) is 0.813. The zero-order chi connectivity index (χ0) is 17.0. The van der Waals surface area contributed by atoms with Gasteiger partial charge in [0.2, 0.25) is 5.78 Å². The second-order valence-electron chi connectivity index (χ2n) is 5.01. The molecular formula is C16H19N3O4. The molecule has 1 aromatic heterocycles. The number of ketones is 1. The van der Waals surface area contributed by atoms with Crippen molar-refractivity contribution in [3.63, 3.8) is 0 Å². The van der Waals surface area contributed by atoms with E-state index in [1.807, 2.05) is 0 Å². The molecule has 2 rings (SSSR count). The molecule has 0 aliphatic heterocycles. The van der Waals surface area contributed by atoms with E-state index >= 15 is 0 Å². The Balaban J connectivity index is 2.05. The first-order valence-corrected chi connectivity index (χ1v) is 7.00. The van der Waals surface area contributed by atoms with Crippen LogP contribution < -0.4 is 14.8 Å². The van der Waals surface area contributed by atoms with Gasteiger partial charge in [-0.1, -0.05) is 0 Å². The summed E-state index contributed by atoms with van der Waals surface area (Å²) < 4.78 is 11.8. The Bertz CT molecular complexity index is 737. The fourth-order valence-electron chi connectivity index (χ4n) is 2.21. The van der Waals surface area contributed by atoms with Crippen LogP contribution in [0.15, 0.2) is 24.4 Å². The molecule has 7 nitrogen and oxygen atoms in total. The Kier molecular flexibility index (Phi) is 5.00. The lowest BCUT2D eigenvalue weighted by Gasteiger charge is -2.09. The summed E-state index contributed by atoms with van der Waals surface area (Å²) in [5, 5.41) is 6.68. The van der Waals surface area contributed by atoms with E-state index in [0.717, 1.165) is 5.56 Å². The lowest BCUT2D eigenvalue weighted by atomic mass is 10.1. The van der Waals surface area contributed by atoms with Crippen molar-refractivity contribution < 1.29 is 19.1 Å². The second-order valence-corrected chi connectivity index (χ2v) is 5.01. The van der Waals surface area contributed by atoms with Gasteiger partial charge in [0.15, 0.2) is 11.5 Å². The molecule has 0 bridgehead atoms. The highest BCUT2D eigenvalue weighted by Crippen LogP contribution is 2.27. The van der Waals surface area contributed by atoms with E-state index in [0.29, 0.717) is 22.8 Å². The lowest BCUT2D eigenvalue weighted by Crippen LogP contribution is -2.30. The van der Waals surface area contributed by atoms with Gasteiger partial charge in [-0.3, -0.25) is 14.3 Å². The maximum atomic E-state index is 12.2. The van der Waals surface area contributed by atoms with Crippen LogP contribution in [0.2, 0.25) is 0 Å². The Morgan fingerprint density at radius 3 is 2.48 bits per heavy atom. The van der Waals surface area contributed by atoms with Gasteiger partial charge in [-0.15, -0.1) is 0 Å². The Morgan fingerprint density at radius 2 is 1.91 bits per heavy atom. The lowest BCUT2D eigenvalue weighted by molar-refractivity contribution is 0.0901. The van der Waals surface area contributed by atoms with Gasteiger partial charge in [0.1, 0.15) is 5.69 Å². The average Bonchev–Trinajstić information content (AvgIpc) is 2.90. The second kappa shape index (κ2) is 6.95. The van der Waals surface area contributed by atoms with Gasteiger partial charge in [-0.2, -0.15) is 5.10 Å². The molecule has 1 aromatic carbocycles. The monoisotopic (exact) mass is 317 g/mol. The van der Waals surface area contributed by atoms with Crippen molar-refractivity contribution in [2.24, 2.45) is 7.05 Å². The maximum absolute atomic E-state index is 12.2. The number of nitrogens with zero attached hydrogens (tertiary/aromatic N) is 2. The van der Waals surface area contributed by atoms with Crippen LogP contribution >= 0.6 is 0 Å². The molecule has 0 fully saturated rings. The van der Waals surface area contributed by atoms with Crippen LogP contribution in [-0.2, 0) is 7.05 Å². The number of carbonyl (C=O) groups is 2. The number of methoxy groups -OCH3 is 2. The Hall–Kier alpha value is -2.83. The van der Waals surface area contributed by atoms with E-state index in [2.05, 4.69) is 10.4 Å². The number of hydrogen-bond donors (Lipinski definition) is 1. The van der Waals surface area contributed by atoms with Crippen LogP contribution in [0.5, 0.6) is 11.5 Å². The molecule has 1 N–H and O–H groups in total. The number of rotatable bonds is 6. The summed E-state index contributed by atoms with van der Waals surface area (Å²) in [6.07, 6.45) is 1.75. The van der Waals surface area contributed by atoms with Gasteiger partial charge >= 0.3 is 0 Å². The van der Waals surface area contributed by atoms with Crippen LogP contribution in [-0.4, -0.2) is 42.2 Å². The molecule has 0 spiro atoms. The zero-order valence-corrected chi connectivity index (χ0v) is 13.5. The van der Waals surface area contributed by atoms with Crippen molar-refractivity contribution in [3.05, 3.63) is 41.2 Å². The number of nitrogens with one attached hydrogen (secondary N) is 1. The summed E-state index contributed by atoms with van der Waals surface area (Å²) in [5.74, 6) is 0.376. The third kappa shape index (κ3) is 3.68. The van der Waals surface area contributed by atoms with Gasteiger partial charge in [0.05, 0.1) is 20.8 Å². The molecule has 122 valence electrons. The van der Waals surface area contributed by atoms with Crippen LogP contribution in [0, 0.1) is 6.92 Å². The van der Waals surface area contributed by atoms with Crippen LogP contribution in [0.1, 0.15) is 26.4 Å². The van der Waals surface area contributed by atoms with E-state index in [4.69, 9.17) is 9.47 Å². The van der Waals surface area contributed by atoms with Gasteiger partial charge < -0.3 is 14.8 Å². The van der Waals surface area contributed by atoms with Crippen LogP contribution in [0.4, 0.5) is 0 Å². The predicted octanol–water partition coefficient (Wildman–Crippen LogP) is 1.36. The SMILES string of the molecule is COc1ccc(C(=O)NCC(=O)c2nn(C)cc2C)cc1OC. The highest BCUT2D eigenvalue weighted by molar-refractivity contribution is 6.02. The smallest absolute Gasteiger partial charge is 0.251 e. The van der Waals surface area contributed by atoms with E-state index in [1.54, 1.807) is 43.0 Å². The van der Waals surface area contributed by atoms with Gasteiger partial charge in [-0.05, 0) is 30.7 Å². The molecule has 0 radical (unpaired) electrons. The van der Waals surface area contributed by atoms with Crippen molar-refractivity contribution in [1.82, 2.24) is 15.1 Å². The molecule has 0 unspecified atom stereocenters. The molecule has 0 aliphatic carbocycles. The minimum Gasteiger partial charge on any atom is -0.493 e. The Morgan fingerprint density at radius 1 is 1.22 bits per heavy atom. The van der Waals surface area contributed by atoms with E-state index in [-0.39, 0.29) is 18.2 Å². The summed E-state index contributed by atoms with van der Waals surface area (Å²) in [6, 6.07) is 4.80. The Labute approximate surface area is 134 Å². The highest BCUT2D eigenvalue weighted by Gasteiger charge is 2.16. The van der Waals surface area contributed by atoms with Gasteiger partial charge in [0, 0.05) is 18.8 Å². The predicted molar refractivity (Wildman–Crippen MR) is 84.2 cm³/mol. The summed E-state index contributed by atoms with van der Waals surface area (Å²) >= 11 is 0. The number of hydrogen-bond acceptors (Lipinski definition) is 5. The average molecular weight is 317 g/mol. The zero-order valence-electron chi connectivity index (χ0n) is 13.5. The summed E-state index contributed by atoms with van der Waals surface area (Å²) in [4.78, 5) is 24.3. The van der Waals surface area contributed by atoms with Crippen LogP contribution in [0.3, 0.4) is 0 Å². The third-order valence-corrected chi connectivity index (χ3v) is 3.33. The van der Waals surface area contributed by atoms with E-state index < -0.39 is 0 Å². The molecule has 23 heavy (non-hydrogen) atoms. The fourth-order valence-corrected chi connectivity index (χ4v) is 2.21.